The number of aryl methyl sites for hydroxylation is 1. The zero-order valence-corrected chi connectivity index (χ0v) is 14.7. The fourth-order valence-electron chi connectivity index (χ4n) is 4.19. The van der Waals surface area contributed by atoms with Crippen LogP contribution in [0.2, 0.25) is 0 Å². The van der Waals surface area contributed by atoms with Gasteiger partial charge in [0.25, 0.3) is 5.91 Å². The molecule has 0 saturated carbocycles. The maximum Gasteiger partial charge on any atom is 0.251 e. The van der Waals surface area contributed by atoms with E-state index in [0.717, 1.165) is 35.4 Å². The highest BCUT2D eigenvalue weighted by Crippen LogP contribution is 2.41. The molecule has 0 saturated heterocycles. The molecule has 24 heavy (non-hydrogen) atoms. The number of benzene rings is 1. The Kier molecular flexibility index (Phi) is 3.57. The standard InChI is InChI=1S/C20H20N2OS/c1-12-18(15-9-10-24-11-15)19(20(21)23)13(2)22(12)17-8-7-14-5-3-4-6-16(14)17/h3-6,9-11,17H,7-8H2,1-2H3,(H2,21,23). The first-order chi connectivity index (χ1) is 11.6. The SMILES string of the molecule is Cc1c(C(N)=O)c(-c2ccsc2)c(C)n1C1CCc2ccccc21. The Morgan fingerprint density at radius 2 is 2.00 bits per heavy atom. The van der Waals surface area contributed by atoms with Crippen LogP contribution in [0.25, 0.3) is 11.1 Å². The molecule has 1 aromatic carbocycles. The second-order valence-corrected chi connectivity index (χ2v) is 7.20. The van der Waals surface area contributed by atoms with Gasteiger partial charge in [-0.05, 0) is 60.2 Å². The van der Waals surface area contributed by atoms with Crippen molar-refractivity contribution in [1.82, 2.24) is 4.57 Å². The molecule has 0 bridgehead atoms. The van der Waals surface area contributed by atoms with E-state index >= 15 is 0 Å². The predicted octanol–water partition coefficient (Wildman–Crippen LogP) is 4.47. The van der Waals surface area contributed by atoms with Gasteiger partial charge in [0.2, 0.25) is 0 Å². The summed E-state index contributed by atoms with van der Waals surface area (Å²) in [6, 6.07) is 11.0. The van der Waals surface area contributed by atoms with Gasteiger partial charge < -0.3 is 10.3 Å². The minimum Gasteiger partial charge on any atom is -0.366 e. The van der Waals surface area contributed by atoms with E-state index in [0.29, 0.717) is 5.56 Å². The lowest BCUT2D eigenvalue weighted by atomic mass is 10.0. The summed E-state index contributed by atoms with van der Waals surface area (Å²) in [5.74, 6) is -0.346. The Morgan fingerprint density at radius 1 is 1.21 bits per heavy atom. The van der Waals surface area contributed by atoms with Crippen molar-refractivity contribution < 1.29 is 4.79 Å². The highest BCUT2D eigenvalue weighted by atomic mass is 32.1. The molecule has 0 fully saturated rings. The van der Waals surface area contributed by atoms with Gasteiger partial charge in [0.05, 0.1) is 11.6 Å². The van der Waals surface area contributed by atoms with Crippen molar-refractivity contribution in [2.75, 3.05) is 0 Å². The molecule has 1 atom stereocenters. The van der Waals surface area contributed by atoms with E-state index in [9.17, 15) is 4.79 Å². The van der Waals surface area contributed by atoms with Crippen LogP contribution >= 0.6 is 11.3 Å². The molecule has 1 aliphatic rings. The van der Waals surface area contributed by atoms with Crippen LogP contribution in [0.4, 0.5) is 0 Å². The molecule has 0 aliphatic heterocycles. The van der Waals surface area contributed by atoms with E-state index in [1.54, 1.807) is 11.3 Å². The number of aromatic nitrogens is 1. The van der Waals surface area contributed by atoms with Crippen LogP contribution < -0.4 is 5.73 Å². The van der Waals surface area contributed by atoms with Crippen molar-refractivity contribution in [1.29, 1.82) is 0 Å². The van der Waals surface area contributed by atoms with Gasteiger partial charge in [0.15, 0.2) is 0 Å². The molecule has 0 radical (unpaired) electrons. The van der Waals surface area contributed by atoms with E-state index in [1.165, 1.54) is 11.1 Å². The largest absolute Gasteiger partial charge is 0.366 e. The lowest BCUT2D eigenvalue weighted by Crippen LogP contribution is -2.15. The number of carbonyl (C=O) groups is 1. The van der Waals surface area contributed by atoms with Crippen LogP contribution in [-0.2, 0) is 6.42 Å². The summed E-state index contributed by atoms with van der Waals surface area (Å²) < 4.78 is 2.32. The molecule has 2 heterocycles. The lowest BCUT2D eigenvalue weighted by molar-refractivity contribution is 0.1000. The molecule has 2 aromatic heterocycles. The van der Waals surface area contributed by atoms with Gasteiger partial charge in [-0.15, -0.1) is 0 Å². The number of amides is 1. The van der Waals surface area contributed by atoms with E-state index in [2.05, 4.69) is 47.2 Å². The van der Waals surface area contributed by atoms with Crippen molar-refractivity contribution in [3.8, 4) is 11.1 Å². The smallest absolute Gasteiger partial charge is 0.251 e. The second kappa shape index (κ2) is 5.64. The van der Waals surface area contributed by atoms with Crippen LogP contribution in [-0.4, -0.2) is 10.5 Å². The number of rotatable bonds is 3. The minimum atomic E-state index is -0.346. The van der Waals surface area contributed by atoms with Crippen molar-refractivity contribution >= 4 is 17.2 Å². The number of carbonyl (C=O) groups excluding carboxylic acids is 1. The number of nitrogens with two attached hydrogens (primary N) is 1. The molecule has 1 aliphatic carbocycles. The highest BCUT2D eigenvalue weighted by molar-refractivity contribution is 7.08. The van der Waals surface area contributed by atoms with Crippen molar-refractivity contribution in [2.24, 2.45) is 5.73 Å². The summed E-state index contributed by atoms with van der Waals surface area (Å²) in [5.41, 5.74) is 13.4. The van der Waals surface area contributed by atoms with Gasteiger partial charge in [0.1, 0.15) is 0 Å². The topological polar surface area (TPSA) is 48.0 Å². The highest BCUT2D eigenvalue weighted by Gasteiger charge is 2.30. The van der Waals surface area contributed by atoms with Crippen molar-refractivity contribution in [2.45, 2.75) is 32.7 Å². The zero-order valence-electron chi connectivity index (χ0n) is 13.9. The van der Waals surface area contributed by atoms with Gasteiger partial charge >= 0.3 is 0 Å². The molecule has 4 heteroatoms. The maximum absolute atomic E-state index is 12.2. The summed E-state index contributed by atoms with van der Waals surface area (Å²) in [5, 5.41) is 4.12. The number of thiophene rings is 1. The fraction of sp³-hybridized carbons (Fsp3) is 0.250. The van der Waals surface area contributed by atoms with Crippen LogP contribution in [0.1, 0.15) is 45.3 Å². The van der Waals surface area contributed by atoms with Gasteiger partial charge in [0, 0.05) is 17.0 Å². The average molecular weight is 336 g/mol. The normalized spacial score (nSPS) is 16.3. The van der Waals surface area contributed by atoms with Gasteiger partial charge in [-0.1, -0.05) is 24.3 Å². The number of nitrogens with zero attached hydrogens (tertiary/aromatic N) is 1. The van der Waals surface area contributed by atoms with Crippen LogP contribution in [0, 0.1) is 13.8 Å². The monoisotopic (exact) mass is 336 g/mol. The third-order valence-electron chi connectivity index (χ3n) is 5.17. The van der Waals surface area contributed by atoms with E-state index in [-0.39, 0.29) is 11.9 Å². The average Bonchev–Trinajstić information content (AvgIpc) is 3.26. The van der Waals surface area contributed by atoms with E-state index in [1.807, 2.05) is 12.3 Å². The molecule has 122 valence electrons. The summed E-state index contributed by atoms with van der Waals surface area (Å²) >= 11 is 1.64. The second-order valence-electron chi connectivity index (χ2n) is 6.42. The number of fused-ring (bicyclic) bond motifs is 1. The lowest BCUT2D eigenvalue weighted by Gasteiger charge is -2.19. The Morgan fingerprint density at radius 3 is 2.71 bits per heavy atom. The molecule has 4 rings (SSSR count). The summed E-state index contributed by atoms with van der Waals surface area (Å²) in [7, 11) is 0. The van der Waals surface area contributed by atoms with Crippen LogP contribution in [0.5, 0.6) is 0 Å². The summed E-state index contributed by atoms with van der Waals surface area (Å²) in [6.07, 6.45) is 2.15. The Bertz CT molecular complexity index is 922. The Hall–Kier alpha value is -2.33. The molecule has 1 amide bonds. The molecule has 0 spiro atoms. The van der Waals surface area contributed by atoms with Gasteiger partial charge in [-0.25, -0.2) is 0 Å². The van der Waals surface area contributed by atoms with Gasteiger partial charge in [-0.3, -0.25) is 4.79 Å². The molecule has 1 unspecified atom stereocenters. The van der Waals surface area contributed by atoms with Crippen LogP contribution in [0.3, 0.4) is 0 Å². The molecule has 3 aromatic rings. The molecule has 2 N–H and O–H groups in total. The predicted molar refractivity (Wildman–Crippen MR) is 98.6 cm³/mol. The summed E-state index contributed by atoms with van der Waals surface area (Å²) in [4.78, 5) is 12.2. The third-order valence-corrected chi connectivity index (χ3v) is 5.85. The maximum atomic E-state index is 12.2. The zero-order chi connectivity index (χ0) is 16.8. The van der Waals surface area contributed by atoms with E-state index < -0.39 is 0 Å². The Labute approximate surface area is 145 Å². The first kappa shape index (κ1) is 15.2. The fourth-order valence-corrected chi connectivity index (χ4v) is 4.83. The summed E-state index contributed by atoms with van der Waals surface area (Å²) in [6.45, 7) is 4.12. The van der Waals surface area contributed by atoms with Crippen molar-refractivity contribution in [3.05, 3.63) is 69.2 Å². The third kappa shape index (κ3) is 2.13. The van der Waals surface area contributed by atoms with Crippen LogP contribution in [0.15, 0.2) is 41.1 Å². The number of hydrogen-bond acceptors (Lipinski definition) is 2. The quantitative estimate of drug-likeness (QED) is 0.754. The first-order valence-corrected chi connectivity index (χ1v) is 9.15. The van der Waals surface area contributed by atoms with Crippen molar-refractivity contribution in [3.63, 3.8) is 0 Å². The van der Waals surface area contributed by atoms with Gasteiger partial charge in [-0.2, -0.15) is 11.3 Å². The van der Waals surface area contributed by atoms with E-state index in [4.69, 9.17) is 5.73 Å². The number of primary amides is 1. The minimum absolute atomic E-state index is 0.284. The Balaban J connectivity index is 1.95. The first-order valence-electron chi connectivity index (χ1n) is 8.21. The molecule has 3 nitrogen and oxygen atoms in total. The number of hydrogen-bond donors (Lipinski definition) is 1. The molecular formula is C20H20N2OS. The molecular weight excluding hydrogens is 316 g/mol.